The van der Waals surface area contributed by atoms with Crippen molar-refractivity contribution < 1.29 is 37.3 Å². The largest absolute Gasteiger partial charge is 0.489 e. The van der Waals surface area contributed by atoms with Crippen molar-refractivity contribution in [3.05, 3.63) is 23.8 Å². The molecule has 0 bridgehead atoms. The number of hydrogen-bond donors (Lipinski definition) is 2. The normalized spacial score (nSPS) is 16.1. The molecule has 27 heavy (non-hydrogen) atoms. The van der Waals surface area contributed by atoms with Crippen molar-refractivity contribution in [1.29, 1.82) is 0 Å². The van der Waals surface area contributed by atoms with E-state index in [4.69, 9.17) is 9.47 Å². The van der Waals surface area contributed by atoms with E-state index in [0.717, 1.165) is 18.2 Å². The second-order valence-corrected chi connectivity index (χ2v) is 6.57. The molecule has 1 aliphatic rings. The van der Waals surface area contributed by atoms with Gasteiger partial charge in [-0.25, -0.2) is 0 Å². The van der Waals surface area contributed by atoms with Gasteiger partial charge in [0.1, 0.15) is 12.4 Å². The van der Waals surface area contributed by atoms with Crippen molar-refractivity contribution in [3.63, 3.8) is 0 Å². The van der Waals surface area contributed by atoms with E-state index in [-0.39, 0.29) is 31.1 Å². The van der Waals surface area contributed by atoms with Gasteiger partial charge in [-0.2, -0.15) is 13.2 Å². The first-order valence-corrected chi connectivity index (χ1v) is 8.54. The number of nitrogens with one attached hydrogen (secondary N) is 1. The third-order valence-electron chi connectivity index (χ3n) is 4.64. The summed E-state index contributed by atoms with van der Waals surface area (Å²) in [7, 11) is 1.45. The van der Waals surface area contributed by atoms with Gasteiger partial charge in [-0.05, 0) is 31.0 Å². The minimum absolute atomic E-state index is 0.0594. The zero-order valence-corrected chi connectivity index (χ0v) is 14.9. The zero-order chi connectivity index (χ0) is 20.1. The molecule has 2 rings (SSSR count). The van der Waals surface area contributed by atoms with Crippen LogP contribution >= 0.6 is 0 Å². The number of methoxy groups -OCH3 is 1. The minimum Gasteiger partial charge on any atom is -0.489 e. The Kier molecular flexibility index (Phi) is 6.69. The summed E-state index contributed by atoms with van der Waals surface area (Å²) in [5.74, 6) is -1.66. The van der Waals surface area contributed by atoms with Crippen molar-refractivity contribution in [3.8, 4) is 5.75 Å². The summed E-state index contributed by atoms with van der Waals surface area (Å²) >= 11 is 0. The summed E-state index contributed by atoms with van der Waals surface area (Å²) in [6.45, 7) is 0.306. The van der Waals surface area contributed by atoms with E-state index in [1.165, 1.54) is 7.11 Å². The molecule has 1 saturated carbocycles. The number of amides is 1. The second kappa shape index (κ2) is 8.60. The molecule has 0 spiro atoms. The van der Waals surface area contributed by atoms with Gasteiger partial charge in [-0.15, -0.1) is 0 Å². The molecule has 6 nitrogen and oxygen atoms in total. The molecule has 0 heterocycles. The fourth-order valence-electron chi connectivity index (χ4n) is 3.18. The van der Waals surface area contributed by atoms with Crippen LogP contribution in [0.3, 0.4) is 0 Å². The number of anilines is 1. The number of carbonyl (C=O) groups is 2. The van der Waals surface area contributed by atoms with E-state index in [1.807, 2.05) is 0 Å². The molecule has 0 saturated heterocycles. The van der Waals surface area contributed by atoms with Gasteiger partial charge in [0.15, 0.2) is 0 Å². The fraction of sp³-hybridized carbons (Fsp3) is 0.556. The highest BCUT2D eigenvalue weighted by atomic mass is 19.4. The van der Waals surface area contributed by atoms with Crippen molar-refractivity contribution in [1.82, 2.24) is 0 Å². The Hall–Kier alpha value is -2.29. The van der Waals surface area contributed by atoms with Gasteiger partial charge >= 0.3 is 12.1 Å². The fourth-order valence-corrected chi connectivity index (χ4v) is 3.18. The summed E-state index contributed by atoms with van der Waals surface area (Å²) in [4.78, 5) is 24.0. The van der Waals surface area contributed by atoms with Crippen molar-refractivity contribution >= 4 is 17.6 Å². The van der Waals surface area contributed by atoms with Crippen LogP contribution in [0.5, 0.6) is 5.75 Å². The zero-order valence-electron chi connectivity index (χ0n) is 14.9. The lowest BCUT2D eigenvalue weighted by atomic mass is 9.82. The topological polar surface area (TPSA) is 84.9 Å². The standard InChI is InChI=1S/C18H22F3NO5/c1-26-8-9-27-14-5-4-12(18(19,20)21)10-13(14)22-15(23)11-17(16(24)25)6-2-3-7-17/h4-5,10H,2-3,6-9,11H2,1H3,(H,22,23)(H,24,25). The van der Waals surface area contributed by atoms with Crippen LogP contribution in [0.4, 0.5) is 18.9 Å². The molecule has 0 aromatic heterocycles. The maximum absolute atomic E-state index is 13.0. The van der Waals surface area contributed by atoms with Crippen molar-refractivity contribution in [2.75, 3.05) is 25.6 Å². The summed E-state index contributed by atoms with van der Waals surface area (Å²) in [5, 5.41) is 11.8. The number of carboxylic acid groups (broad SMARTS) is 1. The Bertz CT molecular complexity index is 684. The van der Waals surface area contributed by atoms with Gasteiger partial charge < -0.3 is 19.9 Å². The Morgan fingerprint density at radius 2 is 1.89 bits per heavy atom. The molecular formula is C18H22F3NO5. The number of aliphatic carboxylic acids is 1. The van der Waals surface area contributed by atoms with E-state index in [1.54, 1.807) is 0 Å². The van der Waals surface area contributed by atoms with Crippen LogP contribution in [0.25, 0.3) is 0 Å². The number of halogens is 3. The molecule has 0 atom stereocenters. The van der Waals surface area contributed by atoms with Crippen LogP contribution in [-0.4, -0.2) is 37.3 Å². The van der Waals surface area contributed by atoms with Gasteiger partial charge in [0.25, 0.3) is 0 Å². The van der Waals surface area contributed by atoms with Crippen LogP contribution < -0.4 is 10.1 Å². The molecule has 2 N–H and O–H groups in total. The third-order valence-corrected chi connectivity index (χ3v) is 4.64. The van der Waals surface area contributed by atoms with E-state index < -0.39 is 29.0 Å². The molecule has 1 amide bonds. The Morgan fingerprint density at radius 1 is 1.22 bits per heavy atom. The number of carboxylic acids is 1. The van der Waals surface area contributed by atoms with E-state index in [2.05, 4.69) is 5.32 Å². The maximum atomic E-state index is 13.0. The molecule has 150 valence electrons. The first-order valence-electron chi connectivity index (χ1n) is 8.54. The quantitative estimate of drug-likeness (QED) is 0.662. The summed E-state index contributed by atoms with van der Waals surface area (Å²) < 4.78 is 49.2. The predicted molar refractivity (Wildman–Crippen MR) is 90.6 cm³/mol. The lowest BCUT2D eigenvalue weighted by Gasteiger charge is -2.23. The van der Waals surface area contributed by atoms with E-state index in [0.29, 0.717) is 25.7 Å². The Labute approximate surface area is 154 Å². The number of hydrogen-bond acceptors (Lipinski definition) is 4. The second-order valence-electron chi connectivity index (χ2n) is 6.57. The van der Waals surface area contributed by atoms with Gasteiger partial charge in [-0.3, -0.25) is 9.59 Å². The molecular weight excluding hydrogens is 367 g/mol. The smallest absolute Gasteiger partial charge is 0.416 e. The first kappa shape index (κ1) is 21.0. The van der Waals surface area contributed by atoms with Crippen molar-refractivity contribution in [2.45, 2.75) is 38.3 Å². The Balaban J connectivity index is 2.20. The third kappa shape index (κ3) is 5.35. The highest BCUT2D eigenvalue weighted by Crippen LogP contribution is 2.42. The first-order chi connectivity index (χ1) is 12.7. The monoisotopic (exact) mass is 389 g/mol. The van der Waals surface area contributed by atoms with Gasteiger partial charge in [-0.1, -0.05) is 12.8 Å². The van der Waals surface area contributed by atoms with Crippen LogP contribution in [0.15, 0.2) is 18.2 Å². The van der Waals surface area contributed by atoms with Crippen molar-refractivity contribution in [2.24, 2.45) is 5.41 Å². The summed E-state index contributed by atoms with van der Waals surface area (Å²) in [6, 6.07) is 2.76. The van der Waals surface area contributed by atoms with E-state index in [9.17, 15) is 27.9 Å². The molecule has 0 aliphatic heterocycles. The number of carbonyl (C=O) groups excluding carboxylic acids is 1. The number of alkyl halides is 3. The average molecular weight is 389 g/mol. The molecule has 1 aromatic carbocycles. The number of benzene rings is 1. The SMILES string of the molecule is COCCOc1ccc(C(F)(F)F)cc1NC(=O)CC1(C(=O)O)CCCC1. The molecule has 0 unspecified atom stereocenters. The van der Waals surface area contributed by atoms with Crippen LogP contribution in [0.1, 0.15) is 37.7 Å². The van der Waals surface area contributed by atoms with Gasteiger partial charge in [0.2, 0.25) is 5.91 Å². The van der Waals surface area contributed by atoms with Crippen LogP contribution in [0, 0.1) is 5.41 Å². The molecule has 1 fully saturated rings. The molecule has 0 radical (unpaired) electrons. The van der Waals surface area contributed by atoms with Gasteiger partial charge in [0.05, 0.1) is 23.3 Å². The highest BCUT2D eigenvalue weighted by Gasteiger charge is 2.43. The lowest BCUT2D eigenvalue weighted by molar-refractivity contribution is -0.150. The average Bonchev–Trinajstić information content (AvgIpc) is 3.05. The Morgan fingerprint density at radius 3 is 2.44 bits per heavy atom. The van der Waals surface area contributed by atoms with Crippen LogP contribution in [-0.2, 0) is 20.5 Å². The predicted octanol–water partition coefficient (Wildman–Crippen LogP) is 3.70. The molecule has 1 aliphatic carbocycles. The minimum atomic E-state index is -4.59. The number of rotatable bonds is 8. The van der Waals surface area contributed by atoms with Crippen LogP contribution in [0.2, 0.25) is 0 Å². The molecule has 9 heteroatoms. The van der Waals surface area contributed by atoms with E-state index >= 15 is 0 Å². The molecule has 1 aromatic rings. The van der Waals surface area contributed by atoms with Gasteiger partial charge in [0, 0.05) is 13.5 Å². The highest BCUT2D eigenvalue weighted by molar-refractivity contribution is 5.95. The summed E-state index contributed by atoms with van der Waals surface area (Å²) in [5.41, 5.74) is -2.25. The maximum Gasteiger partial charge on any atom is 0.416 e. The number of ether oxygens (including phenoxy) is 2. The lowest BCUT2D eigenvalue weighted by Crippen LogP contribution is -2.32. The summed E-state index contributed by atoms with van der Waals surface area (Å²) in [6.07, 6.45) is -2.73.